The van der Waals surface area contributed by atoms with Crippen molar-refractivity contribution in [2.75, 3.05) is 72.4 Å². The Hall–Kier alpha value is -3.35. The summed E-state index contributed by atoms with van der Waals surface area (Å²) < 4.78 is 44.0. The second kappa shape index (κ2) is 51.1. The van der Waals surface area contributed by atoms with E-state index < -0.39 is 62.9 Å². The van der Waals surface area contributed by atoms with E-state index in [1.165, 1.54) is 141 Å². The molecule has 1 unspecified atom stereocenters. The van der Waals surface area contributed by atoms with E-state index in [1.807, 2.05) is 0 Å². The molecule has 7 N–H and O–H groups in total. The van der Waals surface area contributed by atoms with Gasteiger partial charge in [0.2, 0.25) is 17.7 Å². The summed E-state index contributed by atoms with van der Waals surface area (Å²) >= 11 is 0. The fourth-order valence-corrected chi connectivity index (χ4v) is 8.34. The smallest absolute Gasteiger partial charge is 0.462 e. The van der Waals surface area contributed by atoms with Crippen LogP contribution in [0.1, 0.15) is 219 Å². The van der Waals surface area contributed by atoms with Crippen LogP contribution in [0.15, 0.2) is 0 Å². The Morgan fingerprint density at radius 1 is 0.458 bits per heavy atom. The summed E-state index contributed by atoms with van der Waals surface area (Å²) in [6, 6.07) is 0. The molecule has 2 atom stereocenters. The molecule has 0 saturated heterocycles. The van der Waals surface area contributed by atoms with E-state index in [-0.39, 0.29) is 72.0 Å². The van der Waals surface area contributed by atoms with Crippen molar-refractivity contribution in [2.24, 2.45) is 5.73 Å². The lowest BCUT2D eigenvalue weighted by Gasteiger charge is -2.20. The minimum Gasteiger partial charge on any atom is -0.462 e. The van der Waals surface area contributed by atoms with Crippen molar-refractivity contribution in [2.45, 2.75) is 225 Å². The van der Waals surface area contributed by atoms with Gasteiger partial charge in [-0.05, 0) is 12.8 Å². The van der Waals surface area contributed by atoms with Crippen molar-refractivity contribution in [1.29, 1.82) is 0 Å². The minimum absolute atomic E-state index is 0.0110. The zero-order valence-electron chi connectivity index (χ0n) is 44.8. The minimum atomic E-state index is -4.67. The topological polar surface area (TPSA) is 269 Å². The number of alkyl carbamates (subject to hydrolysis) is 1. The fourth-order valence-electron chi connectivity index (χ4n) is 7.59. The Labute approximate surface area is 433 Å². The van der Waals surface area contributed by atoms with Gasteiger partial charge in [-0.25, -0.2) is 9.36 Å². The van der Waals surface area contributed by atoms with Crippen LogP contribution in [0.5, 0.6) is 0 Å². The average molecular weight is 1050 g/mol. The van der Waals surface area contributed by atoms with Crippen LogP contribution in [0.3, 0.4) is 0 Å². The molecular formula is C52H100N5O14P. The normalized spacial score (nSPS) is 12.4. The number of carbonyl (C=O) groups is 6. The molecule has 0 aliphatic heterocycles. The third-order valence-corrected chi connectivity index (χ3v) is 12.8. The lowest BCUT2D eigenvalue weighted by Crippen LogP contribution is -2.43. The first-order chi connectivity index (χ1) is 34.9. The highest BCUT2D eigenvalue weighted by atomic mass is 31.2. The van der Waals surface area contributed by atoms with E-state index >= 15 is 0 Å². The largest absolute Gasteiger partial charge is 0.472 e. The fraction of sp³-hybridized carbons (Fsp3) is 0.885. The van der Waals surface area contributed by atoms with Gasteiger partial charge in [0, 0.05) is 25.9 Å². The molecule has 422 valence electrons. The van der Waals surface area contributed by atoms with E-state index in [9.17, 15) is 38.2 Å². The molecule has 0 aromatic rings. The van der Waals surface area contributed by atoms with Crippen LogP contribution in [0, 0.1) is 0 Å². The number of phosphoric acid groups is 1. The van der Waals surface area contributed by atoms with E-state index in [4.69, 9.17) is 33.7 Å². The van der Waals surface area contributed by atoms with Crippen LogP contribution in [0.2, 0.25) is 0 Å². The van der Waals surface area contributed by atoms with Crippen LogP contribution in [0.25, 0.3) is 0 Å². The van der Waals surface area contributed by atoms with Gasteiger partial charge in [-0.1, -0.05) is 194 Å². The first kappa shape index (κ1) is 68.7. The molecule has 0 radical (unpaired) electrons. The van der Waals surface area contributed by atoms with Crippen LogP contribution < -0.4 is 27.0 Å². The molecule has 0 aliphatic carbocycles. The zero-order chi connectivity index (χ0) is 53.0. The molecule has 72 heavy (non-hydrogen) atoms. The van der Waals surface area contributed by atoms with Crippen molar-refractivity contribution in [3.63, 3.8) is 0 Å². The number of esters is 2. The number of hydrogen-bond donors (Lipinski definition) is 6. The highest BCUT2D eigenvalue weighted by Crippen LogP contribution is 2.43. The molecule has 0 bridgehead atoms. The summed E-state index contributed by atoms with van der Waals surface area (Å²) in [6.07, 6.45) is 34.6. The summed E-state index contributed by atoms with van der Waals surface area (Å²) in [5.41, 5.74) is 5.14. The van der Waals surface area contributed by atoms with E-state index in [0.29, 0.717) is 12.8 Å². The van der Waals surface area contributed by atoms with Crippen LogP contribution in [-0.4, -0.2) is 119 Å². The standard InChI is InChI=1S/C52H100N5O14P/c1-3-5-7-9-11-13-15-17-19-21-23-25-27-29-31-33-50(61)68-44-46(71-51(62)34-32-30-28-26-24-22-20-18-16-14-12-10-8-6-4-2)45-70-72(64,65)69-38-36-55-52(63)67-40-39-66-37-35-54-48(59)42-57-49(60)43-56-47(58)41-53/h46H,3-45,53H2,1-2H3,(H,54,59)(H,55,63)(H,56,58)(H,57,60)(H,64,65)/t46-/m1/s1. The quantitative estimate of drug-likeness (QED) is 0.0143. The Balaban J connectivity index is 4.53. The number of nitrogens with one attached hydrogen (secondary N) is 4. The Bertz CT molecular complexity index is 1410. The summed E-state index contributed by atoms with van der Waals surface area (Å²) in [7, 11) is -4.67. The molecule has 0 aromatic carbocycles. The van der Waals surface area contributed by atoms with Gasteiger partial charge in [0.25, 0.3) is 0 Å². The molecule has 20 heteroatoms. The maximum absolute atomic E-state index is 12.8. The van der Waals surface area contributed by atoms with E-state index in [0.717, 1.165) is 38.5 Å². The predicted octanol–water partition coefficient (Wildman–Crippen LogP) is 9.15. The summed E-state index contributed by atoms with van der Waals surface area (Å²) in [5.74, 6) is -2.49. The van der Waals surface area contributed by atoms with Gasteiger partial charge in [-0.3, -0.25) is 33.0 Å². The van der Waals surface area contributed by atoms with Crippen molar-refractivity contribution in [1.82, 2.24) is 21.3 Å². The van der Waals surface area contributed by atoms with Gasteiger partial charge in [-0.2, -0.15) is 0 Å². The van der Waals surface area contributed by atoms with Crippen LogP contribution in [0.4, 0.5) is 4.79 Å². The van der Waals surface area contributed by atoms with Gasteiger partial charge in [0.05, 0.1) is 46.1 Å². The number of nitrogens with two attached hydrogens (primary N) is 1. The van der Waals surface area contributed by atoms with Gasteiger partial charge >= 0.3 is 25.9 Å². The molecule has 0 fully saturated rings. The Kier molecular flexibility index (Phi) is 48.8. The van der Waals surface area contributed by atoms with Gasteiger partial charge < -0.3 is 50.8 Å². The highest BCUT2D eigenvalue weighted by Gasteiger charge is 2.26. The molecule has 0 heterocycles. The Morgan fingerprint density at radius 3 is 1.35 bits per heavy atom. The maximum atomic E-state index is 12.8. The first-order valence-corrected chi connectivity index (χ1v) is 29.4. The number of carbonyl (C=O) groups excluding carboxylic acids is 6. The summed E-state index contributed by atoms with van der Waals surface area (Å²) in [4.78, 5) is 82.3. The van der Waals surface area contributed by atoms with Crippen molar-refractivity contribution < 1.29 is 66.2 Å². The number of rotatable bonds is 53. The monoisotopic (exact) mass is 1050 g/mol. The lowest BCUT2D eigenvalue weighted by molar-refractivity contribution is -0.161. The van der Waals surface area contributed by atoms with Gasteiger partial charge in [-0.15, -0.1) is 0 Å². The van der Waals surface area contributed by atoms with Crippen molar-refractivity contribution in [3.05, 3.63) is 0 Å². The number of phosphoric ester groups is 1. The highest BCUT2D eigenvalue weighted by molar-refractivity contribution is 7.47. The first-order valence-electron chi connectivity index (χ1n) is 27.9. The number of hydrogen-bond acceptors (Lipinski definition) is 14. The average Bonchev–Trinajstić information content (AvgIpc) is 3.36. The van der Waals surface area contributed by atoms with E-state index in [1.54, 1.807) is 0 Å². The number of amides is 4. The van der Waals surface area contributed by atoms with Crippen LogP contribution >= 0.6 is 7.82 Å². The number of ether oxygens (including phenoxy) is 4. The van der Waals surface area contributed by atoms with Crippen LogP contribution in [-0.2, 0) is 56.5 Å². The summed E-state index contributed by atoms with van der Waals surface area (Å²) in [6.45, 7) is 2.22. The van der Waals surface area contributed by atoms with Crippen molar-refractivity contribution in [3.8, 4) is 0 Å². The molecule has 0 spiro atoms. The predicted molar refractivity (Wildman–Crippen MR) is 280 cm³/mol. The Morgan fingerprint density at radius 2 is 0.875 bits per heavy atom. The second-order valence-electron chi connectivity index (χ2n) is 18.6. The molecule has 4 amide bonds. The molecule has 0 aromatic heterocycles. The SMILES string of the molecule is CCCCCCCCCCCCCCCCCC(=O)OC[C@H](COP(=O)(O)OCCNC(=O)OCCOCCNC(=O)CNC(=O)CNC(=O)CN)OC(=O)CCCCCCCCCCCCCCCCC. The van der Waals surface area contributed by atoms with Gasteiger partial charge in [0.15, 0.2) is 6.10 Å². The molecule has 0 rings (SSSR count). The van der Waals surface area contributed by atoms with Gasteiger partial charge in [0.1, 0.15) is 13.2 Å². The molecule has 19 nitrogen and oxygen atoms in total. The molecular weight excluding hydrogens is 950 g/mol. The summed E-state index contributed by atoms with van der Waals surface area (Å²) in [5, 5.41) is 9.51. The second-order valence-corrected chi connectivity index (χ2v) is 20.0. The number of unbranched alkanes of at least 4 members (excludes halogenated alkanes) is 28. The van der Waals surface area contributed by atoms with Crippen molar-refractivity contribution >= 4 is 43.6 Å². The zero-order valence-corrected chi connectivity index (χ0v) is 45.7. The third-order valence-electron chi connectivity index (χ3n) is 11.9. The molecule has 0 aliphatic rings. The lowest BCUT2D eigenvalue weighted by atomic mass is 10.0. The van der Waals surface area contributed by atoms with E-state index in [2.05, 4.69) is 35.1 Å². The maximum Gasteiger partial charge on any atom is 0.472 e. The molecule has 0 saturated carbocycles. The third kappa shape index (κ3) is 50.2.